The molecule has 2 bridgehead atoms. The Bertz CT molecular complexity index is 1420. The van der Waals surface area contributed by atoms with E-state index in [4.69, 9.17) is 9.47 Å². The number of piperidine rings is 1. The van der Waals surface area contributed by atoms with Crippen LogP contribution in [-0.2, 0) is 21.4 Å². The van der Waals surface area contributed by atoms with Crippen molar-refractivity contribution in [3.05, 3.63) is 59.2 Å². The van der Waals surface area contributed by atoms with Gasteiger partial charge in [0.25, 0.3) is 5.91 Å². The second-order valence-electron chi connectivity index (χ2n) is 13.3. The minimum atomic E-state index is -0.288. The number of esters is 1. The van der Waals surface area contributed by atoms with Crippen LogP contribution in [0, 0.1) is 29.6 Å². The smallest absolute Gasteiger partial charge is 0.308 e. The predicted molar refractivity (Wildman–Crippen MR) is 157 cm³/mol. The molecular weight excluding hydrogens is 512 g/mol. The van der Waals surface area contributed by atoms with Crippen LogP contribution in [0.5, 0.6) is 11.5 Å². The Morgan fingerprint density at radius 3 is 2.66 bits per heavy atom. The van der Waals surface area contributed by atoms with Crippen LogP contribution in [0.4, 0.5) is 0 Å². The van der Waals surface area contributed by atoms with Crippen molar-refractivity contribution in [1.82, 2.24) is 9.80 Å². The lowest BCUT2D eigenvalue weighted by molar-refractivity contribution is -0.138. The summed E-state index contributed by atoms with van der Waals surface area (Å²) in [6.45, 7) is 8.66. The molecule has 0 radical (unpaired) electrons. The van der Waals surface area contributed by atoms with Crippen molar-refractivity contribution in [2.24, 2.45) is 17.8 Å². The Balaban J connectivity index is 1.29. The van der Waals surface area contributed by atoms with Crippen LogP contribution in [0.25, 0.3) is 0 Å². The Hall–Kier alpha value is -3.30. The fraction of sp³-hybridized carbons (Fsp3) is 0.543. The molecule has 1 saturated heterocycles. The molecule has 0 aromatic heterocycles. The number of hydrogen-bond acceptors (Lipinski definition) is 5. The highest BCUT2D eigenvalue weighted by atomic mass is 16.5. The van der Waals surface area contributed by atoms with Crippen LogP contribution in [0.15, 0.2) is 42.5 Å². The molecule has 2 aromatic carbocycles. The Labute approximate surface area is 243 Å². The van der Waals surface area contributed by atoms with Crippen molar-refractivity contribution in [2.75, 3.05) is 19.6 Å². The Morgan fingerprint density at radius 2 is 1.93 bits per heavy atom. The zero-order valence-electron chi connectivity index (χ0n) is 24.4. The topological polar surface area (TPSA) is 59.1 Å². The van der Waals surface area contributed by atoms with Gasteiger partial charge in [-0.3, -0.25) is 14.5 Å². The number of likely N-dealkylation sites (tertiary alicyclic amines) is 1. The summed E-state index contributed by atoms with van der Waals surface area (Å²) in [7, 11) is 0. The standard InChI is InChI=1S/C35H40N2O4/c1-22(2)20-37(32(39)16-11-24-7-5-4-6-8-24)28-13-12-27-29-19-26-30(40-23(3)38)14-15-31-33(26)35(27,34(28)41-31)17-18-36(29)21-25-9-10-25/h4-8,14-15,22,25,27-29,34H,9-10,12-13,17-21H2,1-3H3/t27-,28+,29+,34-,35-/m0/s1. The number of ether oxygens (including phenoxy) is 2. The molecule has 2 aromatic rings. The lowest BCUT2D eigenvalue weighted by atomic mass is 9.50. The third-order valence-electron chi connectivity index (χ3n) is 10.2. The van der Waals surface area contributed by atoms with Crippen LogP contribution in [-0.4, -0.2) is 59.5 Å². The Morgan fingerprint density at radius 1 is 1.12 bits per heavy atom. The largest absolute Gasteiger partial charge is 0.487 e. The second kappa shape index (κ2) is 10.2. The van der Waals surface area contributed by atoms with Gasteiger partial charge >= 0.3 is 5.97 Å². The molecule has 0 N–H and O–H groups in total. The number of amides is 1. The summed E-state index contributed by atoms with van der Waals surface area (Å²) in [4.78, 5) is 30.7. The van der Waals surface area contributed by atoms with Crippen molar-refractivity contribution in [2.45, 2.75) is 82.9 Å². The highest BCUT2D eigenvalue weighted by Gasteiger charge is 2.66. The SMILES string of the molecule is CC(=O)Oc1ccc2c3c1C[C@@H]1[C@@H]4CC[C@@H](N(CC(C)C)C(=O)C#Cc5ccccc5)[C@H](O2)[C@]34CCN1CC1CC1. The minimum Gasteiger partial charge on any atom is -0.487 e. The molecule has 5 atom stereocenters. The third kappa shape index (κ3) is 4.54. The lowest BCUT2D eigenvalue weighted by Gasteiger charge is -2.60. The summed E-state index contributed by atoms with van der Waals surface area (Å²) in [5.41, 5.74) is 3.06. The number of hydrogen-bond donors (Lipinski definition) is 0. The van der Waals surface area contributed by atoms with E-state index in [1.165, 1.54) is 25.3 Å². The van der Waals surface area contributed by atoms with Crippen LogP contribution < -0.4 is 9.47 Å². The summed E-state index contributed by atoms with van der Waals surface area (Å²) < 4.78 is 12.8. The van der Waals surface area contributed by atoms with Crippen LogP contribution >= 0.6 is 0 Å². The first kappa shape index (κ1) is 26.6. The zero-order chi connectivity index (χ0) is 28.3. The number of carbonyl (C=O) groups excluding carboxylic acids is 2. The van der Waals surface area contributed by atoms with Gasteiger partial charge in [0.1, 0.15) is 17.6 Å². The monoisotopic (exact) mass is 552 g/mol. The van der Waals surface area contributed by atoms with Crippen molar-refractivity contribution >= 4 is 11.9 Å². The van der Waals surface area contributed by atoms with Crippen molar-refractivity contribution in [3.8, 4) is 23.3 Å². The van der Waals surface area contributed by atoms with Gasteiger partial charge in [0.05, 0.1) is 6.04 Å². The minimum absolute atomic E-state index is 0.0580. The number of benzene rings is 2. The van der Waals surface area contributed by atoms with Gasteiger partial charge in [-0.2, -0.15) is 0 Å². The van der Waals surface area contributed by atoms with E-state index in [0.717, 1.165) is 61.6 Å². The van der Waals surface area contributed by atoms with Crippen molar-refractivity contribution < 1.29 is 19.1 Å². The molecule has 6 heteroatoms. The van der Waals surface area contributed by atoms with E-state index >= 15 is 0 Å². The van der Waals surface area contributed by atoms with E-state index in [2.05, 4.69) is 30.6 Å². The molecule has 7 rings (SSSR count). The first-order valence-corrected chi connectivity index (χ1v) is 15.5. The molecule has 2 aliphatic heterocycles. The molecule has 5 aliphatic rings. The summed E-state index contributed by atoms with van der Waals surface area (Å²) in [5, 5.41) is 0. The summed E-state index contributed by atoms with van der Waals surface area (Å²) in [6, 6.07) is 14.0. The fourth-order valence-electron chi connectivity index (χ4n) is 8.51. The summed E-state index contributed by atoms with van der Waals surface area (Å²) in [6.07, 6.45) is 6.41. The lowest BCUT2D eigenvalue weighted by Crippen LogP contribution is -2.69. The first-order valence-electron chi connectivity index (χ1n) is 15.5. The predicted octanol–water partition coefficient (Wildman–Crippen LogP) is 4.97. The molecule has 41 heavy (non-hydrogen) atoms. The van der Waals surface area contributed by atoms with Crippen LogP contribution in [0.3, 0.4) is 0 Å². The molecule has 0 unspecified atom stereocenters. The van der Waals surface area contributed by atoms with E-state index in [0.29, 0.717) is 30.2 Å². The van der Waals surface area contributed by atoms with E-state index < -0.39 is 0 Å². The van der Waals surface area contributed by atoms with Crippen molar-refractivity contribution in [1.29, 1.82) is 0 Å². The van der Waals surface area contributed by atoms with Gasteiger partial charge in [-0.25, -0.2) is 0 Å². The maximum Gasteiger partial charge on any atom is 0.308 e. The van der Waals surface area contributed by atoms with E-state index in [-0.39, 0.29) is 29.4 Å². The third-order valence-corrected chi connectivity index (χ3v) is 10.2. The van der Waals surface area contributed by atoms with Gasteiger partial charge in [0, 0.05) is 54.1 Å². The molecule has 3 fully saturated rings. The van der Waals surface area contributed by atoms with Gasteiger partial charge in [0.2, 0.25) is 0 Å². The highest BCUT2D eigenvalue weighted by Crippen LogP contribution is 2.64. The fourth-order valence-corrected chi connectivity index (χ4v) is 8.51. The average Bonchev–Trinajstić information content (AvgIpc) is 3.71. The average molecular weight is 553 g/mol. The second-order valence-corrected chi connectivity index (χ2v) is 13.3. The molecule has 1 spiro atoms. The Kier molecular flexibility index (Phi) is 6.62. The zero-order valence-corrected chi connectivity index (χ0v) is 24.4. The van der Waals surface area contributed by atoms with Crippen LogP contribution in [0.2, 0.25) is 0 Å². The van der Waals surface area contributed by atoms with E-state index in [1.54, 1.807) is 0 Å². The van der Waals surface area contributed by atoms with Crippen LogP contribution in [0.1, 0.15) is 69.6 Å². The van der Waals surface area contributed by atoms with Gasteiger partial charge in [-0.1, -0.05) is 38.0 Å². The van der Waals surface area contributed by atoms with Gasteiger partial charge in [-0.15, -0.1) is 0 Å². The molecule has 214 valence electrons. The molecular formula is C35H40N2O4. The van der Waals surface area contributed by atoms with E-state index in [9.17, 15) is 9.59 Å². The number of rotatable bonds is 6. The van der Waals surface area contributed by atoms with Gasteiger partial charge in [-0.05, 0) is 87.1 Å². The summed E-state index contributed by atoms with van der Waals surface area (Å²) in [5.74, 6) is 8.85. The number of carbonyl (C=O) groups is 2. The maximum atomic E-state index is 13.8. The molecule has 6 nitrogen and oxygen atoms in total. The first-order chi connectivity index (χ1) is 19.8. The molecule has 2 saturated carbocycles. The molecule has 3 aliphatic carbocycles. The van der Waals surface area contributed by atoms with Gasteiger partial charge in [0.15, 0.2) is 0 Å². The quantitative estimate of drug-likeness (QED) is 0.288. The molecule has 2 heterocycles. The summed E-state index contributed by atoms with van der Waals surface area (Å²) >= 11 is 0. The van der Waals surface area contributed by atoms with E-state index in [1.807, 2.05) is 47.4 Å². The maximum absolute atomic E-state index is 13.8. The molecule has 1 amide bonds. The number of nitrogens with zero attached hydrogens (tertiary/aromatic N) is 2. The normalized spacial score (nSPS) is 29.2. The van der Waals surface area contributed by atoms with Gasteiger partial charge < -0.3 is 14.4 Å². The highest BCUT2D eigenvalue weighted by molar-refractivity contribution is 5.94. The van der Waals surface area contributed by atoms with Crippen molar-refractivity contribution in [3.63, 3.8) is 0 Å².